The Morgan fingerprint density at radius 2 is 2.27 bits per heavy atom. The summed E-state index contributed by atoms with van der Waals surface area (Å²) >= 11 is 0. The number of allylic oxidation sites excluding steroid dienone is 2. The third-order valence-corrected chi connectivity index (χ3v) is 3.26. The molecule has 0 N–H and O–H groups in total. The minimum Gasteiger partial charge on any atom is -0.300 e. The molecule has 2 bridgehead atoms. The minimum atomic E-state index is 0.365. The van der Waals surface area contributed by atoms with Gasteiger partial charge in [0.05, 0.1) is 0 Å². The lowest BCUT2D eigenvalue weighted by Crippen LogP contribution is -2.16. The Balaban J connectivity index is 2.19. The molecule has 0 aliphatic heterocycles. The van der Waals surface area contributed by atoms with Crippen molar-refractivity contribution in [1.29, 1.82) is 0 Å². The zero-order valence-corrected chi connectivity index (χ0v) is 7.13. The van der Waals surface area contributed by atoms with Crippen LogP contribution in [-0.2, 0) is 4.79 Å². The van der Waals surface area contributed by atoms with Crippen molar-refractivity contribution >= 4 is 5.78 Å². The zero-order valence-electron chi connectivity index (χ0n) is 7.13. The van der Waals surface area contributed by atoms with Crippen LogP contribution in [0.1, 0.15) is 26.7 Å². The molecule has 0 aromatic carbocycles. The van der Waals surface area contributed by atoms with Crippen LogP contribution in [0.15, 0.2) is 11.6 Å². The highest BCUT2D eigenvalue weighted by Gasteiger charge is 2.40. The Morgan fingerprint density at radius 1 is 1.55 bits per heavy atom. The number of carbonyl (C=O) groups excluding carboxylic acids is 1. The molecule has 0 radical (unpaired) electrons. The van der Waals surface area contributed by atoms with Crippen LogP contribution in [0.25, 0.3) is 0 Å². The van der Waals surface area contributed by atoms with Gasteiger partial charge in [-0.3, -0.25) is 4.79 Å². The molecule has 0 saturated heterocycles. The summed E-state index contributed by atoms with van der Waals surface area (Å²) in [5, 5.41) is 0. The normalized spacial score (nSPS) is 40.9. The van der Waals surface area contributed by atoms with Gasteiger partial charge in [0.25, 0.3) is 0 Å². The summed E-state index contributed by atoms with van der Waals surface area (Å²) in [7, 11) is 0. The molecular weight excluding hydrogens is 136 g/mol. The van der Waals surface area contributed by atoms with Crippen molar-refractivity contribution in [3.05, 3.63) is 11.6 Å². The lowest BCUT2D eigenvalue weighted by molar-refractivity contribution is -0.121. The summed E-state index contributed by atoms with van der Waals surface area (Å²) in [5.41, 5.74) is 1.52. The lowest BCUT2D eigenvalue weighted by Gasteiger charge is -2.16. The molecule has 11 heavy (non-hydrogen) atoms. The van der Waals surface area contributed by atoms with E-state index in [9.17, 15) is 4.79 Å². The highest BCUT2D eigenvalue weighted by atomic mass is 16.1. The second-order valence-electron chi connectivity index (χ2n) is 3.96. The summed E-state index contributed by atoms with van der Waals surface area (Å²) in [5.74, 6) is 2.09. The van der Waals surface area contributed by atoms with Gasteiger partial charge in [0.15, 0.2) is 0 Å². The molecule has 60 valence electrons. The Hall–Kier alpha value is -0.590. The summed E-state index contributed by atoms with van der Waals surface area (Å²) in [6, 6.07) is 0. The van der Waals surface area contributed by atoms with Gasteiger partial charge in [-0.1, -0.05) is 11.6 Å². The van der Waals surface area contributed by atoms with Crippen molar-refractivity contribution in [2.24, 2.45) is 17.8 Å². The van der Waals surface area contributed by atoms with Gasteiger partial charge in [0.2, 0.25) is 0 Å². The fourth-order valence-electron chi connectivity index (χ4n) is 2.57. The van der Waals surface area contributed by atoms with Crippen molar-refractivity contribution < 1.29 is 4.79 Å². The molecule has 2 aliphatic rings. The zero-order chi connectivity index (χ0) is 8.01. The van der Waals surface area contributed by atoms with E-state index in [1.807, 2.05) is 0 Å². The smallest absolute Gasteiger partial charge is 0.133 e. The molecule has 0 aromatic heterocycles. The van der Waals surface area contributed by atoms with Gasteiger partial charge in [-0.15, -0.1) is 0 Å². The van der Waals surface area contributed by atoms with Gasteiger partial charge in [-0.05, 0) is 38.5 Å². The first kappa shape index (κ1) is 7.08. The van der Waals surface area contributed by atoms with Crippen LogP contribution in [0.4, 0.5) is 0 Å². The molecule has 3 atom stereocenters. The number of fused-ring (bicyclic) bond motifs is 2. The van der Waals surface area contributed by atoms with Crippen LogP contribution < -0.4 is 0 Å². The van der Waals surface area contributed by atoms with Crippen LogP contribution in [0.3, 0.4) is 0 Å². The highest BCUT2D eigenvalue weighted by Crippen LogP contribution is 2.47. The maximum Gasteiger partial charge on any atom is 0.133 e. The first-order valence-electron chi connectivity index (χ1n) is 4.37. The average molecular weight is 150 g/mol. The molecule has 0 aromatic rings. The number of carbonyl (C=O) groups is 1. The maximum absolute atomic E-state index is 11.1. The van der Waals surface area contributed by atoms with E-state index in [4.69, 9.17) is 0 Å². The predicted molar refractivity (Wildman–Crippen MR) is 44.1 cm³/mol. The number of ketones is 1. The monoisotopic (exact) mass is 150 g/mol. The van der Waals surface area contributed by atoms with E-state index in [-0.39, 0.29) is 0 Å². The SMILES string of the molecule is CC(=O)[C@H]1C[C@@H]2C[C@H]1C=C2C. The summed E-state index contributed by atoms with van der Waals surface area (Å²) in [4.78, 5) is 11.1. The second kappa shape index (κ2) is 2.20. The topological polar surface area (TPSA) is 17.1 Å². The Bertz CT molecular complexity index is 227. The Morgan fingerprint density at radius 3 is 2.64 bits per heavy atom. The molecule has 0 unspecified atom stereocenters. The van der Waals surface area contributed by atoms with Crippen molar-refractivity contribution in [1.82, 2.24) is 0 Å². The first-order chi connectivity index (χ1) is 5.18. The summed E-state index contributed by atoms with van der Waals surface area (Å²) < 4.78 is 0. The first-order valence-corrected chi connectivity index (χ1v) is 4.37. The van der Waals surface area contributed by atoms with Crippen molar-refractivity contribution in [3.63, 3.8) is 0 Å². The second-order valence-corrected chi connectivity index (χ2v) is 3.96. The summed E-state index contributed by atoms with van der Waals surface area (Å²) in [6.07, 6.45) is 4.68. The van der Waals surface area contributed by atoms with E-state index in [2.05, 4.69) is 13.0 Å². The van der Waals surface area contributed by atoms with Crippen molar-refractivity contribution in [3.8, 4) is 0 Å². The van der Waals surface area contributed by atoms with Crippen LogP contribution in [-0.4, -0.2) is 5.78 Å². The Kier molecular flexibility index (Phi) is 1.41. The molecule has 1 saturated carbocycles. The van der Waals surface area contributed by atoms with E-state index in [0.717, 1.165) is 12.3 Å². The quantitative estimate of drug-likeness (QED) is 0.523. The molecule has 0 amide bonds. The molecule has 0 heterocycles. The van der Waals surface area contributed by atoms with Crippen molar-refractivity contribution in [2.45, 2.75) is 26.7 Å². The van der Waals surface area contributed by atoms with Gasteiger partial charge in [0.1, 0.15) is 5.78 Å². The van der Waals surface area contributed by atoms with Crippen LogP contribution >= 0.6 is 0 Å². The molecular formula is C10H14O. The summed E-state index contributed by atoms with van der Waals surface area (Å²) in [6.45, 7) is 3.93. The fourth-order valence-corrected chi connectivity index (χ4v) is 2.57. The van der Waals surface area contributed by atoms with Gasteiger partial charge in [-0.2, -0.15) is 0 Å². The van der Waals surface area contributed by atoms with E-state index in [1.54, 1.807) is 6.92 Å². The Labute approximate surface area is 67.5 Å². The highest BCUT2D eigenvalue weighted by molar-refractivity contribution is 5.79. The molecule has 2 rings (SSSR count). The number of hydrogen-bond acceptors (Lipinski definition) is 1. The van der Waals surface area contributed by atoms with Gasteiger partial charge < -0.3 is 0 Å². The number of Topliss-reactive ketones (excluding diaryl/α,β-unsaturated/α-hetero) is 1. The van der Waals surface area contributed by atoms with E-state index in [1.165, 1.54) is 12.0 Å². The third-order valence-electron chi connectivity index (χ3n) is 3.26. The van der Waals surface area contributed by atoms with Crippen LogP contribution in [0, 0.1) is 17.8 Å². The number of hydrogen-bond donors (Lipinski definition) is 0. The standard InChI is InChI=1S/C10H14O/c1-6-3-9-4-8(6)5-10(9)7(2)11/h3,8-10H,4-5H2,1-2H3/t8-,9+,10+/m0/s1. The van der Waals surface area contributed by atoms with E-state index < -0.39 is 0 Å². The third kappa shape index (κ3) is 0.943. The maximum atomic E-state index is 11.1. The largest absolute Gasteiger partial charge is 0.300 e. The van der Waals surface area contributed by atoms with Gasteiger partial charge in [0, 0.05) is 5.92 Å². The molecule has 0 spiro atoms. The molecule has 2 aliphatic carbocycles. The van der Waals surface area contributed by atoms with E-state index in [0.29, 0.717) is 17.6 Å². The average Bonchev–Trinajstić information content (AvgIpc) is 2.43. The van der Waals surface area contributed by atoms with Crippen molar-refractivity contribution in [2.75, 3.05) is 0 Å². The number of rotatable bonds is 1. The molecule has 1 nitrogen and oxygen atoms in total. The van der Waals surface area contributed by atoms with E-state index >= 15 is 0 Å². The minimum absolute atomic E-state index is 0.365. The molecule has 1 fully saturated rings. The predicted octanol–water partition coefficient (Wildman–Crippen LogP) is 2.18. The van der Waals surface area contributed by atoms with Crippen LogP contribution in [0.5, 0.6) is 0 Å². The molecule has 1 heteroatoms. The fraction of sp³-hybridized carbons (Fsp3) is 0.700. The van der Waals surface area contributed by atoms with Gasteiger partial charge >= 0.3 is 0 Å². The van der Waals surface area contributed by atoms with Crippen LogP contribution in [0.2, 0.25) is 0 Å². The van der Waals surface area contributed by atoms with Gasteiger partial charge in [-0.25, -0.2) is 0 Å². The lowest BCUT2D eigenvalue weighted by atomic mass is 9.88.